The van der Waals surface area contributed by atoms with E-state index in [0.29, 0.717) is 0 Å². The Kier molecular flexibility index (Phi) is 5.13. The van der Waals surface area contributed by atoms with Gasteiger partial charge in [0.1, 0.15) is 0 Å². The van der Waals surface area contributed by atoms with E-state index in [2.05, 4.69) is 6.07 Å². The second-order valence-corrected chi connectivity index (χ2v) is 1.08. The molecule has 1 heteroatoms. The van der Waals surface area contributed by atoms with Crippen LogP contribution in [0.4, 0.5) is 0 Å². The molecule has 0 saturated carbocycles. The van der Waals surface area contributed by atoms with Gasteiger partial charge >= 0.3 is 0 Å². The second kappa shape index (κ2) is 4.74. The summed E-state index contributed by atoms with van der Waals surface area (Å²) < 4.78 is 0. The fraction of sp³-hybridized carbons (Fsp3) is 0. The van der Waals surface area contributed by atoms with E-state index in [1.54, 1.807) is 0 Å². The van der Waals surface area contributed by atoms with Gasteiger partial charge in [0, 0.05) is 41.3 Å². The molecule has 0 aliphatic rings. The van der Waals surface area contributed by atoms with Gasteiger partial charge in [0.25, 0.3) is 0 Å². The van der Waals surface area contributed by atoms with Gasteiger partial charge in [0.2, 0.25) is 0 Å². The molecule has 0 saturated heterocycles. The first-order valence-electron chi connectivity index (χ1n) is 1.91. The van der Waals surface area contributed by atoms with Crippen LogP contribution in [0.1, 0.15) is 0 Å². The molecule has 0 atom stereocenters. The Bertz CT molecular complexity index is 76.1. The predicted molar refractivity (Wildman–Crippen MR) is 25.3 cm³/mol. The molecule has 0 aliphatic heterocycles. The largest absolute Gasteiger partial charge is 0.184 e. The van der Waals surface area contributed by atoms with Crippen molar-refractivity contribution in [3.8, 4) is 0 Å². The maximum atomic E-state index is 2.89. The summed E-state index contributed by atoms with van der Waals surface area (Å²) in [7, 11) is 0. The normalized spacial score (nSPS) is 6.86. The third kappa shape index (κ3) is 3.19. The van der Waals surface area contributed by atoms with Crippen molar-refractivity contribution < 1.29 is 41.3 Å². The smallest absolute Gasteiger partial charge is 0 e. The average Bonchev–Trinajstić information content (AvgIpc) is 1.72. The molecule has 1 rings (SSSR count). The Hall–Kier alpha value is 0.584. The molecular formula is C6H5Pr-. The van der Waals surface area contributed by atoms with Gasteiger partial charge in [-0.25, -0.2) is 0 Å². The van der Waals surface area contributed by atoms with Gasteiger partial charge in [0.05, 0.1) is 0 Å². The van der Waals surface area contributed by atoms with Crippen molar-refractivity contribution in [3.05, 3.63) is 36.4 Å². The summed E-state index contributed by atoms with van der Waals surface area (Å²) in [5, 5.41) is 0. The fourth-order valence-corrected chi connectivity index (χ4v) is 0.342. The zero-order chi connectivity index (χ0) is 4.24. The topological polar surface area (TPSA) is 0 Å². The van der Waals surface area contributed by atoms with Gasteiger partial charge < -0.3 is 0 Å². The third-order valence-corrected chi connectivity index (χ3v) is 0.607. The van der Waals surface area contributed by atoms with Gasteiger partial charge in [-0.3, -0.25) is 0 Å². The molecule has 0 amide bonds. The van der Waals surface area contributed by atoms with Crippen LogP contribution >= 0.6 is 0 Å². The Balaban J connectivity index is 0.000000360. The van der Waals surface area contributed by atoms with Crippen molar-refractivity contribution >= 4 is 0 Å². The fourth-order valence-electron chi connectivity index (χ4n) is 0.342. The summed E-state index contributed by atoms with van der Waals surface area (Å²) in [4.78, 5) is 0. The number of benzene rings is 1. The van der Waals surface area contributed by atoms with E-state index in [-0.39, 0.29) is 41.3 Å². The van der Waals surface area contributed by atoms with Crippen LogP contribution in [0.25, 0.3) is 0 Å². The molecule has 1 aromatic rings. The van der Waals surface area contributed by atoms with E-state index < -0.39 is 0 Å². The molecule has 0 aromatic heterocycles. The van der Waals surface area contributed by atoms with Crippen LogP contribution in [0.3, 0.4) is 0 Å². The van der Waals surface area contributed by atoms with Crippen LogP contribution in [0.5, 0.6) is 0 Å². The molecule has 1 aromatic carbocycles. The van der Waals surface area contributed by atoms with Crippen molar-refractivity contribution in [1.29, 1.82) is 0 Å². The van der Waals surface area contributed by atoms with Crippen molar-refractivity contribution in [2.24, 2.45) is 0 Å². The van der Waals surface area contributed by atoms with E-state index in [1.165, 1.54) is 0 Å². The van der Waals surface area contributed by atoms with Crippen LogP contribution in [-0.4, -0.2) is 0 Å². The molecule has 0 N–H and O–H groups in total. The Labute approximate surface area is 76.9 Å². The molecule has 7 heavy (non-hydrogen) atoms. The Morgan fingerprint density at radius 1 is 0.857 bits per heavy atom. The molecular weight excluding hydrogens is 213 g/mol. The predicted octanol–water partition coefficient (Wildman–Crippen LogP) is 1.49. The standard InChI is InChI=1S/C6H5.Pr/c1-2-4-6-5-3-1;/h1-5H;/q-1;. The van der Waals surface area contributed by atoms with Crippen LogP contribution in [0, 0.1) is 47.4 Å². The van der Waals surface area contributed by atoms with E-state index in [9.17, 15) is 0 Å². The third-order valence-electron chi connectivity index (χ3n) is 0.607. The first kappa shape index (κ1) is 7.58. The van der Waals surface area contributed by atoms with E-state index in [4.69, 9.17) is 0 Å². The van der Waals surface area contributed by atoms with Crippen LogP contribution in [0.15, 0.2) is 30.3 Å². The van der Waals surface area contributed by atoms with Crippen LogP contribution in [0.2, 0.25) is 0 Å². The minimum atomic E-state index is 0. The number of rotatable bonds is 0. The Morgan fingerprint density at radius 3 is 1.57 bits per heavy atom. The molecule has 0 heterocycles. The van der Waals surface area contributed by atoms with Gasteiger partial charge in [-0.05, 0) is 0 Å². The minimum Gasteiger partial charge on any atom is -0.184 e. The van der Waals surface area contributed by atoms with Crippen LogP contribution in [-0.2, 0) is 0 Å². The summed E-state index contributed by atoms with van der Waals surface area (Å²) >= 11 is 0. The summed E-state index contributed by atoms with van der Waals surface area (Å²) in [6.45, 7) is 0. The molecule has 0 bridgehead atoms. The summed E-state index contributed by atoms with van der Waals surface area (Å²) in [5.41, 5.74) is 0. The van der Waals surface area contributed by atoms with Crippen molar-refractivity contribution in [3.63, 3.8) is 0 Å². The summed E-state index contributed by atoms with van der Waals surface area (Å²) in [6, 6.07) is 12.5. The molecule has 0 fully saturated rings. The average molecular weight is 218 g/mol. The first-order chi connectivity index (χ1) is 3.00. The SMILES string of the molecule is [Pr].[c-]1ccccc1. The quantitative estimate of drug-likeness (QED) is 0.578. The zero-order valence-corrected chi connectivity index (χ0v) is 7.67. The number of hydrogen-bond acceptors (Lipinski definition) is 0. The molecule has 0 nitrogen and oxygen atoms in total. The van der Waals surface area contributed by atoms with E-state index in [0.717, 1.165) is 0 Å². The Morgan fingerprint density at radius 2 is 1.43 bits per heavy atom. The molecule has 1 radical (unpaired) electrons. The molecule has 0 unspecified atom stereocenters. The van der Waals surface area contributed by atoms with E-state index >= 15 is 0 Å². The maximum absolute atomic E-state index is 2.89. The zero-order valence-electron chi connectivity index (χ0n) is 3.96. The van der Waals surface area contributed by atoms with Gasteiger partial charge in [-0.1, -0.05) is 0 Å². The second-order valence-electron chi connectivity index (χ2n) is 1.08. The summed E-state index contributed by atoms with van der Waals surface area (Å²) in [5.74, 6) is 0. The molecule has 33 valence electrons. The van der Waals surface area contributed by atoms with Crippen LogP contribution < -0.4 is 0 Å². The van der Waals surface area contributed by atoms with Crippen molar-refractivity contribution in [1.82, 2.24) is 0 Å². The minimum absolute atomic E-state index is 0. The van der Waals surface area contributed by atoms with Crippen molar-refractivity contribution in [2.45, 2.75) is 0 Å². The summed E-state index contributed by atoms with van der Waals surface area (Å²) in [6.07, 6.45) is 0. The first-order valence-corrected chi connectivity index (χ1v) is 1.91. The molecule has 0 aliphatic carbocycles. The van der Waals surface area contributed by atoms with E-state index in [1.807, 2.05) is 30.3 Å². The van der Waals surface area contributed by atoms with Gasteiger partial charge in [0.15, 0.2) is 0 Å². The monoisotopic (exact) mass is 218 g/mol. The van der Waals surface area contributed by atoms with Gasteiger partial charge in [-0.15, -0.1) is 0 Å². The number of hydrogen-bond donors (Lipinski definition) is 0. The van der Waals surface area contributed by atoms with Gasteiger partial charge in [-0.2, -0.15) is 36.4 Å². The molecule has 0 spiro atoms. The maximum Gasteiger partial charge on any atom is 0 e. The van der Waals surface area contributed by atoms with Crippen molar-refractivity contribution in [2.75, 3.05) is 0 Å².